The quantitative estimate of drug-likeness (QED) is 0.787. The molecule has 114 valence electrons. The standard InChI is InChI=1S/C16H17N3OS2/c1-7-21-9-12(1)16(3-5-20-6-4-16)10-17-15-14-13(2-8-22-14)18-11-19-15/h1-2,7-9,11H,3-6,10H2,(H,17,18,19). The highest BCUT2D eigenvalue weighted by Gasteiger charge is 2.34. The number of ether oxygens (including phenoxy) is 1. The van der Waals surface area contributed by atoms with Gasteiger partial charge in [0.15, 0.2) is 0 Å². The van der Waals surface area contributed by atoms with Gasteiger partial charge in [0.2, 0.25) is 0 Å². The van der Waals surface area contributed by atoms with Gasteiger partial charge in [0, 0.05) is 25.2 Å². The Morgan fingerprint density at radius 1 is 1.18 bits per heavy atom. The van der Waals surface area contributed by atoms with Gasteiger partial charge in [-0.3, -0.25) is 0 Å². The second-order valence-corrected chi connectivity index (χ2v) is 7.31. The van der Waals surface area contributed by atoms with Gasteiger partial charge in [0.05, 0.1) is 10.2 Å². The van der Waals surface area contributed by atoms with E-state index >= 15 is 0 Å². The molecule has 1 saturated heterocycles. The number of rotatable bonds is 4. The van der Waals surface area contributed by atoms with Gasteiger partial charge in [-0.25, -0.2) is 9.97 Å². The fraction of sp³-hybridized carbons (Fsp3) is 0.375. The fourth-order valence-corrected chi connectivity index (χ4v) is 4.65. The molecular formula is C16H17N3OS2. The molecule has 3 aromatic rings. The highest BCUT2D eigenvalue weighted by atomic mass is 32.1. The van der Waals surface area contributed by atoms with Crippen LogP contribution in [-0.2, 0) is 10.2 Å². The largest absolute Gasteiger partial charge is 0.381 e. The Morgan fingerprint density at radius 2 is 2.09 bits per heavy atom. The molecule has 3 aromatic heterocycles. The summed E-state index contributed by atoms with van der Waals surface area (Å²) in [5.41, 5.74) is 2.58. The summed E-state index contributed by atoms with van der Waals surface area (Å²) in [6.07, 6.45) is 3.74. The van der Waals surface area contributed by atoms with Crippen LogP contribution in [0.15, 0.2) is 34.6 Å². The predicted octanol–water partition coefficient (Wildman–Crippen LogP) is 3.91. The van der Waals surface area contributed by atoms with Gasteiger partial charge in [-0.15, -0.1) is 11.3 Å². The molecule has 0 spiro atoms. The van der Waals surface area contributed by atoms with Gasteiger partial charge < -0.3 is 10.1 Å². The lowest BCUT2D eigenvalue weighted by molar-refractivity contribution is 0.0545. The van der Waals surface area contributed by atoms with Crippen molar-refractivity contribution in [1.82, 2.24) is 9.97 Å². The number of aromatic nitrogens is 2. The van der Waals surface area contributed by atoms with E-state index in [1.807, 2.05) is 6.07 Å². The maximum atomic E-state index is 5.58. The molecule has 4 heterocycles. The van der Waals surface area contributed by atoms with Crippen molar-refractivity contribution in [2.24, 2.45) is 0 Å². The molecule has 6 heteroatoms. The summed E-state index contributed by atoms with van der Waals surface area (Å²) in [6, 6.07) is 4.29. The van der Waals surface area contributed by atoms with Crippen LogP contribution in [0.2, 0.25) is 0 Å². The summed E-state index contributed by atoms with van der Waals surface area (Å²) in [4.78, 5) is 8.74. The van der Waals surface area contributed by atoms with Crippen LogP contribution in [-0.4, -0.2) is 29.7 Å². The summed E-state index contributed by atoms with van der Waals surface area (Å²) < 4.78 is 6.72. The van der Waals surface area contributed by atoms with Gasteiger partial charge in [-0.2, -0.15) is 11.3 Å². The summed E-state index contributed by atoms with van der Waals surface area (Å²) in [5, 5.41) is 10.1. The van der Waals surface area contributed by atoms with Crippen molar-refractivity contribution in [1.29, 1.82) is 0 Å². The molecule has 0 radical (unpaired) electrons. The Hall–Kier alpha value is -1.50. The van der Waals surface area contributed by atoms with Crippen molar-refractivity contribution in [3.8, 4) is 0 Å². The summed E-state index contributed by atoms with van der Waals surface area (Å²) >= 11 is 3.45. The second kappa shape index (κ2) is 5.95. The SMILES string of the molecule is c1nc(NCC2(c3ccsc3)CCOCC2)c2sccc2n1. The number of anilines is 1. The van der Waals surface area contributed by atoms with Crippen LogP contribution in [0.25, 0.3) is 10.2 Å². The van der Waals surface area contributed by atoms with Gasteiger partial charge in [-0.05, 0) is 46.7 Å². The first-order valence-corrected chi connectivity index (χ1v) is 9.22. The molecule has 1 aliphatic heterocycles. The molecule has 0 saturated carbocycles. The van der Waals surface area contributed by atoms with E-state index in [4.69, 9.17) is 4.74 Å². The zero-order chi connectivity index (χ0) is 14.8. The lowest BCUT2D eigenvalue weighted by Crippen LogP contribution is -2.39. The monoisotopic (exact) mass is 331 g/mol. The highest BCUT2D eigenvalue weighted by Crippen LogP contribution is 2.37. The molecule has 4 rings (SSSR count). The Bertz CT molecular complexity index is 748. The zero-order valence-electron chi connectivity index (χ0n) is 12.1. The number of nitrogens with one attached hydrogen (secondary N) is 1. The van der Waals surface area contributed by atoms with E-state index in [9.17, 15) is 0 Å². The normalized spacial score (nSPS) is 17.6. The number of thiophene rings is 2. The number of hydrogen-bond acceptors (Lipinski definition) is 6. The number of fused-ring (bicyclic) bond motifs is 1. The minimum absolute atomic E-state index is 0.146. The van der Waals surface area contributed by atoms with Crippen molar-refractivity contribution in [3.05, 3.63) is 40.2 Å². The highest BCUT2D eigenvalue weighted by molar-refractivity contribution is 7.17. The maximum absolute atomic E-state index is 5.58. The smallest absolute Gasteiger partial charge is 0.147 e. The molecule has 0 unspecified atom stereocenters. The van der Waals surface area contributed by atoms with Crippen molar-refractivity contribution in [3.63, 3.8) is 0 Å². The lowest BCUT2D eigenvalue weighted by Gasteiger charge is -2.37. The van der Waals surface area contributed by atoms with E-state index in [2.05, 4.69) is 37.5 Å². The molecule has 22 heavy (non-hydrogen) atoms. The third-order valence-electron chi connectivity index (χ3n) is 4.42. The van der Waals surface area contributed by atoms with Crippen LogP contribution in [0, 0.1) is 0 Å². The topological polar surface area (TPSA) is 47.0 Å². The van der Waals surface area contributed by atoms with Gasteiger partial charge in [0.1, 0.15) is 12.1 Å². The summed E-state index contributed by atoms with van der Waals surface area (Å²) in [7, 11) is 0. The van der Waals surface area contributed by atoms with Crippen LogP contribution in [0.1, 0.15) is 18.4 Å². The molecule has 1 fully saturated rings. The maximum Gasteiger partial charge on any atom is 0.147 e. The Kier molecular flexibility index (Phi) is 3.82. The first kappa shape index (κ1) is 14.1. The van der Waals surface area contributed by atoms with E-state index < -0.39 is 0 Å². The Balaban J connectivity index is 1.61. The Labute approximate surface area is 137 Å². The molecule has 0 bridgehead atoms. The summed E-state index contributed by atoms with van der Waals surface area (Å²) in [6.45, 7) is 2.54. The van der Waals surface area contributed by atoms with E-state index in [0.29, 0.717) is 0 Å². The molecule has 0 aromatic carbocycles. The average Bonchev–Trinajstić information content (AvgIpc) is 3.25. The van der Waals surface area contributed by atoms with Crippen LogP contribution in [0.4, 0.5) is 5.82 Å². The van der Waals surface area contributed by atoms with Crippen LogP contribution in [0.3, 0.4) is 0 Å². The molecule has 1 N–H and O–H groups in total. The van der Waals surface area contributed by atoms with Gasteiger partial charge >= 0.3 is 0 Å². The fourth-order valence-electron chi connectivity index (χ4n) is 3.06. The number of hydrogen-bond donors (Lipinski definition) is 1. The number of nitrogens with zero attached hydrogens (tertiary/aromatic N) is 2. The van der Waals surface area contributed by atoms with E-state index in [1.165, 1.54) is 5.56 Å². The molecule has 4 nitrogen and oxygen atoms in total. The van der Waals surface area contributed by atoms with Crippen molar-refractivity contribution >= 4 is 38.7 Å². The molecule has 0 amide bonds. The first-order valence-electron chi connectivity index (χ1n) is 7.40. The van der Waals surface area contributed by atoms with E-state index in [0.717, 1.165) is 48.6 Å². The van der Waals surface area contributed by atoms with Gasteiger partial charge in [0.25, 0.3) is 0 Å². The predicted molar refractivity (Wildman–Crippen MR) is 92.0 cm³/mol. The van der Waals surface area contributed by atoms with Crippen LogP contribution in [0.5, 0.6) is 0 Å². The third kappa shape index (κ3) is 2.51. The van der Waals surface area contributed by atoms with Crippen molar-refractivity contribution in [2.45, 2.75) is 18.3 Å². The molecular weight excluding hydrogens is 314 g/mol. The Morgan fingerprint density at radius 3 is 2.91 bits per heavy atom. The molecule has 1 aliphatic rings. The minimum atomic E-state index is 0.146. The van der Waals surface area contributed by atoms with Crippen molar-refractivity contribution in [2.75, 3.05) is 25.1 Å². The molecule has 0 aliphatic carbocycles. The lowest BCUT2D eigenvalue weighted by atomic mass is 9.75. The van der Waals surface area contributed by atoms with Crippen molar-refractivity contribution < 1.29 is 4.74 Å². The molecule has 0 atom stereocenters. The zero-order valence-corrected chi connectivity index (χ0v) is 13.8. The summed E-state index contributed by atoms with van der Waals surface area (Å²) in [5.74, 6) is 0.945. The minimum Gasteiger partial charge on any atom is -0.381 e. The third-order valence-corrected chi connectivity index (χ3v) is 6.01. The van der Waals surface area contributed by atoms with E-state index in [-0.39, 0.29) is 5.41 Å². The second-order valence-electron chi connectivity index (χ2n) is 5.62. The first-order chi connectivity index (χ1) is 10.9. The van der Waals surface area contributed by atoms with Crippen LogP contribution >= 0.6 is 22.7 Å². The van der Waals surface area contributed by atoms with E-state index in [1.54, 1.807) is 29.0 Å². The average molecular weight is 331 g/mol. The van der Waals surface area contributed by atoms with Crippen LogP contribution < -0.4 is 5.32 Å². The van der Waals surface area contributed by atoms with Gasteiger partial charge in [-0.1, -0.05) is 0 Å².